The van der Waals surface area contributed by atoms with Crippen molar-refractivity contribution in [3.8, 4) is 11.1 Å². The zero-order chi connectivity index (χ0) is 22.2. The second-order valence-electron chi connectivity index (χ2n) is 7.16. The van der Waals surface area contributed by atoms with Gasteiger partial charge in [0.25, 0.3) is 5.91 Å². The third kappa shape index (κ3) is 4.17. The summed E-state index contributed by atoms with van der Waals surface area (Å²) < 4.78 is 48.8. The van der Waals surface area contributed by atoms with E-state index in [4.69, 9.17) is 16.3 Å². The van der Waals surface area contributed by atoms with Gasteiger partial charge in [-0.3, -0.25) is 9.89 Å². The summed E-state index contributed by atoms with van der Waals surface area (Å²) in [6, 6.07) is 6.39. The molecule has 0 aliphatic carbocycles. The van der Waals surface area contributed by atoms with Gasteiger partial charge in [-0.25, -0.2) is 0 Å². The van der Waals surface area contributed by atoms with Crippen molar-refractivity contribution >= 4 is 17.5 Å². The number of rotatable bonds is 4. The van der Waals surface area contributed by atoms with Crippen molar-refractivity contribution in [3.05, 3.63) is 58.1 Å². The van der Waals surface area contributed by atoms with E-state index < -0.39 is 17.8 Å². The van der Waals surface area contributed by atoms with Crippen molar-refractivity contribution < 1.29 is 22.7 Å². The third-order valence-electron chi connectivity index (χ3n) is 5.20. The number of H-pyrrole nitrogens is 1. The molecule has 1 aromatic carbocycles. The fraction of sp³-hybridized carbons (Fsp3) is 0.350. The van der Waals surface area contributed by atoms with E-state index in [1.807, 2.05) is 0 Å². The number of benzene rings is 1. The number of carbonyl (C=O) groups is 1. The maximum absolute atomic E-state index is 14.2. The van der Waals surface area contributed by atoms with E-state index in [0.717, 1.165) is 4.57 Å². The molecule has 0 atom stereocenters. The Morgan fingerprint density at radius 1 is 1.23 bits per heavy atom. The number of nitrogens with one attached hydrogen (secondary N) is 1. The van der Waals surface area contributed by atoms with Gasteiger partial charge in [-0.2, -0.15) is 13.2 Å². The van der Waals surface area contributed by atoms with E-state index in [0.29, 0.717) is 36.9 Å². The molecule has 2 aromatic heterocycles. The van der Waals surface area contributed by atoms with Crippen LogP contribution in [0.3, 0.4) is 0 Å². The van der Waals surface area contributed by atoms with Gasteiger partial charge in [0.1, 0.15) is 17.1 Å². The van der Waals surface area contributed by atoms with Gasteiger partial charge in [0, 0.05) is 29.9 Å². The van der Waals surface area contributed by atoms with Crippen molar-refractivity contribution in [1.82, 2.24) is 24.9 Å². The minimum atomic E-state index is -4.68. The van der Waals surface area contributed by atoms with Crippen LogP contribution < -0.4 is 0 Å². The Morgan fingerprint density at radius 2 is 1.90 bits per heavy atom. The summed E-state index contributed by atoms with van der Waals surface area (Å²) in [5.74, 6) is -0.490. The molecule has 31 heavy (non-hydrogen) atoms. The predicted octanol–water partition coefficient (Wildman–Crippen LogP) is 3.77. The molecular weight excluding hydrogens is 435 g/mol. The van der Waals surface area contributed by atoms with Gasteiger partial charge in [0.15, 0.2) is 0 Å². The van der Waals surface area contributed by atoms with Gasteiger partial charge in [0.05, 0.1) is 19.8 Å². The lowest BCUT2D eigenvalue weighted by Gasteiger charge is -2.28. The van der Waals surface area contributed by atoms with Crippen LogP contribution in [-0.4, -0.2) is 57.1 Å². The number of alkyl halides is 3. The van der Waals surface area contributed by atoms with Gasteiger partial charge in [-0.05, 0) is 30.2 Å². The molecule has 1 fully saturated rings. The predicted molar refractivity (Wildman–Crippen MR) is 107 cm³/mol. The highest BCUT2D eigenvalue weighted by Gasteiger charge is 2.42. The summed E-state index contributed by atoms with van der Waals surface area (Å²) in [7, 11) is 0. The maximum atomic E-state index is 14.2. The minimum Gasteiger partial charge on any atom is -0.378 e. The molecule has 4 rings (SSSR count). The van der Waals surface area contributed by atoms with E-state index in [2.05, 4.69) is 15.4 Å². The first-order valence-corrected chi connectivity index (χ1v) is 9.93. The maximum Gasteiger partial charge on any atom is 0.431 e. The molecule has 7 nitrogen and oxygen atoms in total. The van der Waals surface area contributed by atoms with Crippen molar-refractivity contribution in [2.75, 3.05) is 26.3 Å². The van der Waals surface area contributed by atoms with Crippen LogP contribution in [0.25, 0.3) is 11.1 Å². The highest BCUT2D eigenvalue weighted by molar-refractivity contribution is 6.30. The largest absolute Gasteiger partial charge is 0.431 e. The number of halogens is 4. The summed E-state index contributed by atoms with van der Waals surface area (Å²) in [6.07, 6.45) is -3.28. The molecule has 3 heterocycles. The Labute approximate surface area is 180 Å². The quantitative estimate of drug-likeness (QED) is 0.652. The van der Waals surface area contributed by atoms with E-state index in [1.54, 1.807) is 24.3 Å². The van der Waals surface area contributed by atoms with Crippen LogP contribution in [0.4, 0.5) is 13.2 Å². The van der Waals surface area contributed by atoms with E-state index >= 15 is 0 Å². The van der Waals surface area contributed by atoms with Gasteiger partial charge in [-0.15, -0.1) is 5.10 Å². The van der Waals surface area contributed by atoms with Crippen LogP contribution in [0.15, 0.2) is 30.5 Å². The van der Waals surface area contributed by atoms with Crippen molar-refractivity contribution in [1.29, 1.82) is 0 Å². The van der Waals surface area contributed by atoms with Crippen LogP contribution in [0.5, 0.6) is 0 Å². The number of hydrogen-bond donors (Lipinski definition) is 1. The molecule has 1 amide bonds. The van der Waals surface area contributed by atoms with E-state index in [9.17, 15) is 18.0 Å². The van der Waals surface area contributed by atoms with Crippen molar-refractivity contribution in [2.45, 2.75) is 19.6 Å². The Morgan fingerprint density at radius 3 is 2.48 bits per heavy atom. The summed E-state index contributed by atoms with van der Waals surface area (Å²) in [5.41, 5.74) is 0.00936. The molecular formula is C20H19ClF3N5O2. The molecule has 0 radical (unpaired) electrons. The standard InChI is InChI=1S/C20H19ClF3N5O2/c1-12-16(13-2-4-14(21)5-3-13)17(19(30)28-6-8-31-9-7-28)29(18(12)20(22,23)24)11-15-10-25-27-26-15/h2-5,10H,6-9,11H2,1H3,(H,25,26,27). The number of ether oxygens (including phenoxy) is 1. The summed E-state index contributed by atoms with van der Waals surface area (Å²) in [6.45, 7) is 2.38. The van der Waals surface area contributed by atoms with Crippen LogP contribution in [0.2, 0.25) is 5.02 Å². The Balaban J connectivity index is 1.97. The number of aromatic amines is 1. The highest BCUT2D eigenvalue weighted by Crippen LogP contribution is 2.41. The topological polar surface area (TPSA) is 76.0 Å². The average Bonchev–Trinajstić information content (AvgIpc) is 3.34. The summed E-state index contributed by atoms with van der Waals surface area (Å²) in [4.78, 5) is 15.0. The minimum absolute atomic E-state index is 0.0325. The second-order valence-corrected chi connectivity index (χ2v) is 7.59. The van der Waals surface area contributed by atoms with Crippen LogP contribution in [0.1, 0.15) is 27.4 Å². The van der Waals surface area contributed by atoms with Crippen molar-refractivity contribution in [3.63, 3.8) is 0 Å². The lowest BCUT2D eigenvalue weighted by molar-refractivity contribution is -0.143. The van der Waals surface area contributed by atoms with Crippen LogP contribution in [0, 0.1) is 6.92 Å². The first-order valence-electron chi connectivity index (χ1n) is 9.56. The molecule has 1 aliphatic rings. The van der Waals surface area contributed by atoms with E-state index in [1.165, 1.54) is 18.0 Å². The van der Waals surface area contributed by atoms with Gasteiger partial charge >= 0.3 is 6.18 Å². The molecule has 164 valence electrons. The van der Waals surface area contributed by atoms with Crippen molar-refractivity contribution in [2.24, 2.45) is 0 Å². The van der Waals surface area contributed by atoms with Crippen LogP contribution in [-0.2, 0) is 17.5 Å². The zero-order valence-electron chi connectivity index (χ0n) is 16.5. The molecule has 0 spiro atoms. The fourth-order valence-electron chi connectivity index (χ4n) is 3.84. The zero-order valence-corrected chi connectivity index (χ0v) is 17.3. The number of amides is 1. The molecule has 0 unspecified atom stereocenters. The monoisotopic (exact) mass is 453 g/mol. The van der Waals surface area contributed by atoms with E-state index in [-0.39, 0.29) is 29.1 Å². The third-order valence-corrected chi connectivity index (χ3v) is 5.45. The molecule has 1 N–H and O–H groups in total. The van der Waals surface area contributed by atoms with Gasteiger partial charge in [0.2, 0.25) is 0 Å². The average molecular weight is 454 g/mol. The first-order chi connectivity index (χ1) is 14.8. The molecule has 0 bridgehead atoms. The number of morpholine rings is 1. The molecule has 1 aliphatic heterocycles. The van der Waals surface area contributed by atoms with Gasteiger partial charge < -0.3 is 14.2 Å². The number of nitrogens with zero attached hydrogens (tertiary/aromatic N) is 4. The lowest BCUT2D eigenvalue weighted by Crippen LogP contribution is -2.41. The molecule has 0 saturated carbocycles. The van der Waals surface area contributed by atoms with Crippen LogP contribution >= 0.6 is 11.6 Å². The fourth-order valence-corrected chi connectivity index (χ4v) is 3.97. The molecule has 11 heteroatoms. The smallest absolute Gasteiger partial charge is 0.378 e. The highest BCUT2D eigenvalue weighted by atomic mass is 35.5. The Bertz CT molecular complexity index is 1070. The second kappa shape index (κ2) is 8.35. The number of hydrogen-bond acceptors (Lipinski definition) is 4. The number of carbonyl (C=O) groups excluding carboxylic acids is 1. The SMILES string of the molecule is Cc1c(-c2ccc(Cl)cc2)c(C(=O)N2CCOCC2)n(Cc2c[nH]nn2)c1C(F)(F)F. The first kappa shape index (κ1) is 21.4. The lowest BCUT2D eigenvalue weighted by atomic mass is 10.00. The summed E-state index contributed by atoms with van der Waals surface area (Å²) in [5, 5.41) is 10.3. The van der Waals surface area contributed by atoms with Gasteiger partial charge in [-0.1, -0.05) is 28.9 Å². The normalized spacial score (nSPS) is 14.8. The number of aromatic nitrogens is 4. The Hall–Kier alpha value is -2.85. The molecule has 3 aromatic rings. The summed E-state index contributed by atoms with van der Waals surface area (Å²) >= 11 is 5.97. The Kier molecular flexibility index (Phi) is 5.76. The molecule has 1 saturated heterocycles.